The molecule has 3 nitrogen and oxygen atoms in total. The summed E-state index contributed by atoms with van der Waals surface area (Å²) in [6.07, 6.45) is 18.5. The van der Waals surface area contributed by atoms with Crippen molar-refractivity contribution in [2.45, 2.75) is 79.1 Å². The molecule has 0 saturated heterocycles. The molecule has 150 valence electrons. The van der Waals surface area contributed by atoms with Gasteiger partial charge in [0, 0.05) is 0 Å². The first-order valence-corrected chi connectivity index (χ1v) is 14.2. The first-order valence-electron chi connectivity index (χ1n) is 9.50. The van der Waals surface area contributed by atoms with Gasteiger partial charge >= 0.3 is 111 Å². The Morgan fingerprint density at radius 2 is 0.917 bits per heavy atom. The maximum atomic E-state index is 10.8. The number of rotatable bonds is 13. The molecular weight excluding hydrogens is 351 g/mol. The summed E-state index contributed by atoms with van der Waals surface area (Å²) in [4.78, 5) is 0. The number of halogens is 2. The Morgan fingerprint density at radius 3 is 1.04 bits per heavy atom. The van der Waals surface area contributed by atoms with E-state index in [1.165, 1.54) is 51.4 Å². The van der Waals surface area contributed by atoms with Crippen LogP contribution in [0.3, 0.4) is 0 Å². The molecule has 0 bridgehead atoms. The van der Waals surface area contributed by atoms with E-state index in [0.717, 1.165) is 0 Å². The van der Waals surface area contributed by atoms with Crippen molar-refractivity contribution in [3.05, 3.63) is 0 Å². The quantitative estimate of drug-likeness (QED) is 0.287. The molecule has 0 aromatic rings. The average Bonchev–Trinajstić information content (AvgIpc) is 2.53. The van der Waals surface area contributed by atoms with Crippen LogP contribution in [0.25, 0.3) is 0 Å². The van der Waals surface area contributed by atoms with Crippen LogP contribution in [0.1, 0.15) is 79.1 Å². The number of hydrogen-bond donors (Lipinski definition) is 0. The Hall–Kier alpha value is 0.200. The zero-order valence-electron chi connectivity index (χ0n) is 16.4. The Balaban J connectivity index is 0. The van der Waals surface area contributed by atoms with Crippen molar-refractivity contribution in [2.75, 3.05) is 30.9 Å². The molecule has 0 spiro atoms. The van der Waals surface area contributed by atoms with Gasteiger partial charge in [-0.2, -0.15) is 0 Å². The second-order valence-corrected chi connectivity index (χ2v) is 13.6. The van der Waals surface area contributed by atoms with E-state index in [1.807, 2.05) is 0 Å². The normalized spacial score (nSPS) is 12.8. The van der Waals surface area contributed by atoms with Crippen LogP contribution in [0.2, 0.25) is 0 Å². The fourth-order valence-electron chi connectivity index (χ4n) is 2.96. The fraction of sp³-hybridized carbons (Fsp3) is 1.00. The third kappa shape index (κ3) is 14.5. The van der Waals surface area contributed by atoms with Gasteiger partial charge in [-0.15, -0.1) is 0 Å². The molecule has 24 heavy (non-hydrogen) atoms. The summed E-state index contributed by atoms with van der Waals surface area (Å²) < 4.78 is 38.7. The maximum absolute atomic E-state index is 10.8. The number of nitrogens with zero attached hydrogens (tertiary/aromatic N) is 1. The van der Waals surface area contributed by atoms with Gasteiger partial charge < -0.3 is 0 Å². The van der Waals surface area contributed by atoms with E-state index in [9.17, 15) is 17.4 Å². The molecule has 0 atom stereocenters. The summed E-state index contributed by atoms with van der Waals surface area (Å²) in [6, 6.07) is 0. The average molecular weight is 392 g/mol. The van der Waals surface area contributed by atoms with Gasteiger partial charge in [0.25, 0.3) is 10.0 Å². The van der Waals surface area contributed by atoms with Crippen molar-refractivity contribution in [1.29, 1.82) is 0 Å². The molecule has 0 fully saturated rings. The standard InChI is InChI=1S/C16H37P.CH3F2NO2S/c1-5-9-13-17(14-10-6-2,15-11-7-3)16-12-8-4;1-7(5,6)4(2)3/h17H,5-16H2,1-4H3;1H3. The van der Waals surface area contributed by atoms with Crippen LogP contribution in [-0.2, 0) is 10.0 Å². The summed E-state index contributed by atoms with van der Waals surface area (Å²) in [5.41, 5.74) is 0. The van der Waals surface area contributed by atoms with Crippen molar-refractivity contribution in [2.24, 2.45) is 0 Å². The van der Waals surface area contributed by atoms with Crippen molar-refractivity contribution in [3.8, 4) is 0 Å². The van der Waals surface area contributed by atoms with Crippen molar-refractivity contribution in [3.63, 3.8) is 0 Å². The Morgan fingerprint density at radius 1 is 0.708 bits per heavy atom. The van der Waals surface area contributed by atoms with Crippen molar-refractivity contribution >= 4 is 17.3 Å². The first kappa shape index (κ1) is 26.4. The minimum absolute atomic E-state index is 0.410. The van der Waals surface area contributed by atoms with E-state index < -0.39 is 22.0 Å². The largest absolute Gasteiger partial charge is 0.265 e. The molecule has 0 aliphatic rings. The van der Waals surface area contributed by atoms with Crippen molar-refractivity contribution < 1.29 is 17.4 Å². The van der Waals surface area contributed by atoms with E-state index in [4.69, 9.17) is 0 Å². The molecule has 0 unspecified atom stereocenters. The minimum Gasteiger partial charge on any atom is -0.208 e. The molecule has 0 aliphatic heterocycles. The molecule has 0 aromatic heterocycles. The summed E-state index contributed by atoms with van der Waals surface area (Å²) in [7, 11) is -5.12. The second kappa shape index (κ2) is 15.5. The van der Waals surface area contributed by atoms with Gasteiger partial charge in [0.05, 0.1) is 6.26 Å². The molecule has 0 aliphatic carbocycles. The summed E-state index contributed by atoms with van der Waals surface area (Å²) >= 11 is 0. The fourth-order valence-corrected chi connectivity index (χ4v) is 8.87. The molecule has 0 N–H and O–H groups in total. The van der Waals surface area contributed by atoms with E-state index in [1.54, 1.807) is 24.6 Å². The summed E-state index contributed by atoms with van der Waals surface area (Å²) in [5.74, 6) is 0. The summed E-state index contributed by atoms with van der Waals surface area (Å²) in [6.45, 7) is 9.44. The molecule has 0 rings (SSSR count). The van der Waals surface area contributed by atoms with Crippen LogP contribution in [-0.4, -0.2) is 44.1 Å². The maximum Gasteiger partial charge on any atom is 0.265 e. The van der Waals surface area contributed by atoms with Crippen LogP contribution < -0.4 is 0 Å². The van der Waals surface area contributed by atoms with E-state index in [0.29, 0.717) is 6.26 Å². The monoisotopic (exact) mass is 391 g/mol. The van der Waals surface area contributed by atoms with Crippen LogP contribution in [0.4, 0.5) is 8.96 Å². The second-order valence-electron chi connectivity index (χ2n) is 6.85. The Kier molecular flexibility index (Phi) is 17.0. The topological polar surface area (TPSA) is 37.4 Å². The Labute approximate surface area is 149 Å². The first-order chi connectivity index (χ1) is 11.2. The van der Waals surface area contributed by atoms with E-state index in [-0.39, 0.29) is 0 Å². The summed E-state index contributed by atoms with van der Waals surface area (Å²) in [5, 5.41) is 0. The van der Waals surface area contributed by atoms with Gasteiger partial charge in [-0.1, -0.05) is 8.96 Å². The van der Waals surface area contributed by atoms with Gasteiger partial charge in [-0.25, -0.2) is 8.42 Å². The predicted octanol–water partition coefficient (Wildman–Crippen LogP) is 5.95. The van der Waals surface area contributed by atoms with Gasteiger partial charge in [0.15, 0.2) is 0 Å². The number of hydrogen-bond acceptors (Lipinski definition) is 2. The minimum atomic E-state index is -4.24. The third-order valence-corrected chi connectivity index (χ3v) is 10.7. The molecular formula is C17H40F2NO2PS. The number of sulfonamides is 1. The molecule has 0 heterocycles. The van der Waals surface area contributed by atoms with Gasteiger partial charge in [0.1, 0.15) is 4.75 Å². The predicted molar refractivity (Wildman–Crippen MR) is 106 cm³/mol. The van der Waals surface area contributed by atoms with Crippen LogP contribution in [0.5, 0.6) is 0 Å². The zero-order chi connectivity index (χ0) is 19.1. The van der Waals surface area contributed by atoms with Gasteiger partial charge in [-0.05, 0) is 0 Å². The third-order valence-electron chi connectivity index (χ3n) is 4.49. The van der Waals surface area contributed by atoms with Crippen LogP contribution in [0.15, 0.2) is 0 Å². The molecule has 0 aromatic carbocycles. The SMILES string of the molecule is CCCC[PH](CCCC)(CCCC)CCCC.CS(=O)(=O)N(F)F. The smallest absolute Gasteiger partial charge is 0.208 e. The van der Waals surface area contributed by atoms with Crippen LogP contribution >= 0.6 is 7.26 Å². The van der Waals surface area contributed by atoms with E-state index >= 15 is 0 Å². The molecule has 0 amide bonds. The number of unbranched alkanes of at least 4 members (excludes halogenated alkanes) is 4. The Bertz CT molecular complexity index is 341. The molecule has 0 saturated carbocycles. The molecule has 0 radical (unpaired) electrons. The van der Waals surface area contributed by atoms with E-state index in [2.05, 4.69) is 27.7 Å². The van der Waals surface area contributed by atoms with Gasteiger partial charge in [-0.3, -0.25) is 0 Å². The van der Waals surface area contributed by atoms with Gasteiger partial charge in [0.2, 0.25) is 0 Å². The van der Waals surface area contributed by atoms with Crippen LogP contribution in [0, 0.1) is 0 Å². The van der Waals surface area contributed by atoms with Crippen molar-refractivity contribution in [1.82, 2.24) is 4.75 Å². The zero-order valence-corrected chi connectivity index (χ0v) is 18.2. The molecule has 7 heteroatoms.